The number of nitrogens with zero attached hydrogens (tertiary/aromatic N) is 7. The highest BCUT2D eigenvalue weighted by Gasteiger charge is 2.25. The molecule has 0 saturated carbocycles. The number of aryl methyl sites for hydroxylation is 1. The summed E-state index contributed by atoms with van der Waals surface area (Å²) in [6, 6.07) is 2.13. The molecule has 12 heteroatoms. The summed E-state index contributed by atoms with van der Waals surface area (Å²) in [7, 11) is 0. The largest absolute Gasteiger partial charge is 0.384 e. The van der Waals surface area contributed by atoms with Crippen LogP contribution in [0.2, 0.25) is 0 Å². The van der Waals surface area contributed by atoms with Crippen molar-refractivity contribution < 1.29 is 14.6 Å². The Morgan fingerprint density at radius 1 is 1.17 bits per heavy atom. The number of amides is 1. The molecule has 2 aliphatic rings. The van der Waals surface area contributed by atoms with E-state index < -0.39 is 6.10 Å². The number of thiophene rings is 1. The van der Waals surface area contributed by atoms with Crippen molar-refractivity contribution in [3.63, 3.8) is 0 Å². The fourth-order valence-corrected chi connectivity index (χ4v) is 5.62. The number of hydrogen-bond acceptors (Lipinski definition) is 11. The maximum absolute atomic E-state index is 12.1. The van der Waals surface area contributed by atoms with Gasteiger partial charge in [-0.15, -0.1) is 11.3 Å². The van der Waals surface area contributed by atoms with E-state index in [-0.39, 0.29) is 11.9 Å². The summed E-state index contributed by atoms with van der Waals surface area (Å²) >= 11 is 1.71. The lowest BCUT2D eigenvalue weighted by molar-refractivity contribution is -0.141. The van der Waals surface area contributed by atoms with Crippen LogP contribution in [0.5, 0.6) is 0 Å². The predicted molar refractivity (Wildman–Crippen MR) is 134 cm³/mol. The first-order valence-corrected chi connectivity index (χ1v) is 12.6. The number of rotatable bonds is 5. The highest BCUT2D eigenvalue weighted by Crippen LogP contribution is 2.35. The summed E-state index contributed by atoms with van der Waals surface area (Å²) in [5.74, 6) is 1.53. The summed E-state index contributed by atoms with van der Waals surface area (Å²) in [4.78, 5) is 37.9. The quantitative estimate of drug-likeness (QED) is 0.522. The van der Waals surface area contributed by atoms with Gasteiger partial charge in [-0.1, -0.05) is 0 Å². The fraction of sp³-hybridized carbons (Fsp3) is 0.522. The van der Waals surface area contributed by atoms with Gasteiger partial charge in [0.15, 0.2) is 11.6 Å². The Morgan fingerprint density at radius 2 is 1.91 bits per heavy atom. The molecule has 0 bridgehead atoms. The molecule has 2 fully saturated rings. The van der Waals surface area contributed by atoms with Crippen LogP contribution in [-0.4, -0.2) is 99.3 Å². The van der Waals surface area contributed by atoms with E-state index in [9.17, 15) is 9.90 Å². The van der Waals surface area contributed by atoms with Crippen molar-refractivity contribution in [2.75, 3.05) is 63.1 Å². The normalized spacial score (nSPS) is 18.3. The second kappa shape index (κ2) is 9.97. The van der Waals surface area contributed by atoms with Gasteiger partial charge in [-0.25, -0.2) is 19.9 Å². The summed E-state index contributed by atoms with van der Waals surface area (Å²) in [5.41, 5.74) is 8.16. The van der Waals surface area contributed by atoms with E-state index in [0.717, 1.165) is 60.0 Å². The van der Waals surface area contributed by atoms with Gasteiger partial charge in [-0.2, -0.15) is 0 Å². The molecule has 5 heterocycles. The third-order valence-corrected chi connectivity index (χ3v) is 7.48. The second-order valence-electron chi connectivity index (χ2n) is 8.90. The van der Waals surface area contributed by atoms with Gasteiger partial charge < -0.3 is 25.4 Å². The Hall–Kier alpha value is -2.93. The first-order chi connectivity index (χ1) is 16.9. The van der Waals surface area contributed by atoms with Gasteiger partial charge in [0.25, 0.3) is 5.91 Å². The number of carbonyl (C=O) groups excluding carboxylic acids is 1. The van der Waals surface area contributed by atoms with Gasteiger partial charge >= 0.3 is 0 Å². The van der Waals surface area contributed by atoms with Gasteiger partial charge in [0.1, 0.15) is 6.10 Å². The fourth-order valence-electron chi connectivity index (χ4n) is 4.47. The van der Waals surface area contributed by atoms with Gasteiger partial charge in [0, 0.05) is 56.9 Å². The van der Waals surface area contributed by atoms with Crippen molar-refractivity contribution in [3.8, 4) is 11.4 Å². The SMILES string of the molecule is Cc1nc(N)ncc1-c1nc(N2CCOCC2)c2sc(CN3CCN(C(=O)[C@H](C)O)CC3)cc2n1. The molecule has 1 atom stereocenters. The smallest absolute Gasteiger partial charge is 0.251 e. The maximum Gasteiger partial charge on any atom is 0.251 e. The molecule has 35 heavy (non-hydrogen) atoms. The van der Waals surface area contributed by atoms with E-state index in [4.69, 9.17) is 20.4 Å². The summed E-state index contributed by atoms with van der Waals surface area (Å²) in [6.45, 7) is 9.83. The maximum atomic E-state index is 12.1. The number of carbonyl (C=O) groups is 1. The van der Waals surface area contributed by atoms with Crippen molar-refractivity contribution in [2.24, 2.45) is 0 Å². The Morgan fingerprint density at radius 3 is 2.60 bits per heavy atom. The number of anilines is 2. The molecule has 186 valence electrons. The lowest BCUT2D eigenvalue weighted by Crippen LogP contribution is -2.50. The number of aromatic nitrogens is 4. The summed E-state index contributed by atoms with van der Waals surface area (Å²) in [6.07, 6.45) is 0.731. The first-order valence-electron chi connectivity index (χ1n) is 11.8. The standard InChI is InChI=1S/C23H30N8O3S/c1-14-17(12-25-23(24)26-14)20-27-18-11-16(13-29-3-5-31(6-4-29)22(33)15(2)32)35-19(18)21(28-20)30-7-9-34-10-8-30/h11-12,15,32H,3-10,13H2,1-2H3,(H2,24,25,26)/t15-/m0/s1. The Labute approximate surface area is 207 Å². The number of piperazine rings is 1. The van der Waals surface area contributed by atoms with Gasteiger partial charge in [-0.3, -0.25) is 9.69 Å². The summed E-state index contributed by atoms with van der Waals surface area (Å²) < 4.78 is 6.62. The number of aliphatic hydroxyl groups excluding tert-OH is 1. The third-order valence-electron chi connectivity index (χ3n) is 6.38. The molecular weight excluding hydrogens is 468 g/mol. The Kier molecular flexibility index (Phi) is 6.78. The van der Waals surface area contributed by atoms with Crippen LogP contribution in [0, 0.1) is 6.92 Å². The molecule has 5 rings (SSSR count). The van der Waals surface area contributed by atoms with Crippen LogP contribution >= 0.6 is 11.3 Å². The monoisotopic (exact) mass is 498 g/mol. The number of aliphatic hydroxyl groups is 1. The van der Waals surface area contributed by atoms with Crippen LogP contribution in [-0.2, 0) is 16.1 Å². The van der Waals surface area contributed by atoms with E-state index in [2.05, 4.69) is 25.8 Å². The Balaban J connectivity index is 1.43. The van der Waals surface area contributed by atoms with Crippen molar-refractivity contribution in [2.45, 2.75) is 26.5 Å². The van der Waals surface area contributed by atoms with Crippen LogP contribution in [0.15, 0.2) is 12.3 Å². The lowest BCUT2D eigenvalue weighted by atomic mass is 10.2. The van der Waals surface area contributed by atoms with Gasteiger partial charge in [0.2, 0.25) is 5.95 Å². The zero-order chi connectivity index (χ0) is 24.5. The zero-order valence-corrected chi connectivity index (χ0v) is 20.8. The van der Waals surface area contributed by atoms with E-state index in [1.165, 1.54) is 11.8 Å². The molecule has 2 saturated heterocycles. The molecule has 0 aliphatic carbocycles. The molecule has 1 amide bonds. The highest BCUT2D eigenvalue weighted by atomic mass is 32.1. The van der Waals surface area contributed by atoms with Crippen molar-refractivity contribution in [1.29, 1.82) is 0 Å². The summed E-state index contributed by atoms with van der Waals surface area (Å²) in [5, 5.41) is 9.58. The predicted octanol–water partition coefficient (Wildman–Crippen LogP) is 0.901. The van der Waals surface area contributed by atoms with Crippen LogP contribution in [0.1, 0.15) is 17.5 Å². The molecule has 3 aromatic heterocycles. The van der Waals surface area contributed by atoms with Gasteiger partial charge in [-0.05, 0) is 19.9 Å². The molecule has 0 spiro atoms. The first kappa shape index (κ1) is 23.8. The number of nitrogens with two attached hydrogens (primary N) is 1. The minimum Gasteiger partial charge on any atom is -0.384 e. The average Bonchev–Trinajstić information content (AvgIpc) is 3.26. The van der Waals surface area contributed by atoms with Crippen LogP contribution in [0.25, 0.3) is 21.6 Å². The second-order valence-corrected chi connectivity index (χ2v) is 10.0. The molecule has 0 aromatic carbocycles. The minimum atomic E-state index is -0.953. The number of nitrogen functional groups attached to an aromatic ring is 1. The minimum absolute atomic E-state index is 0.202. The van der Waals surface area contributed by atoms with E-state index >= 15 is 0 Å². The molecule has 11 nitrogen and oxygen atoms in total. The molecule has 0 unspecified atom stereocenters. The molecule has 0 radical (unpaired) electrons. The zero-order valence-electron chi connectivity index (χ0n) is 20.0. The average molecular weight is 499 g/mol. The Bertz CT molecular complexity index is 1220. The van der Waals surface area contributed by atoms with Crippen LogP contribution in [0.3, 0.4) is 0 Å². The van der Waals surface area contributed by atoms with Crippen LogP contribution in [0.4, 0.5) is 11.8 Å². The lowest BCUT2D eigenvalue weighted by Gasteiger charge is -2.35. The molecule has 2 aliphatic heterocycles. The molecular formula is C23H30N8O3S. The van der Waals surface area contributed by atoms with E-state index in [1.807, 2.05) is 6.92 Å². The number of morpholine rings is 1. The third kappa shape index (κ3) is 5.06. The van der Waals surface area contributed by atoms with Crippen molar-refractivity contribution in [1.82, 2.24) is 29.7 Å². The highest BCUT2D eigenvalue weighted by molar-refractivity contribution is 7.19. The van der Waals surface area contributed by atoms with Gasteiger partial charge in [0.05, 0.1) is 34.7 Å². The molecule has 3 N–H and O–H groups in total. The van der Waals surface area contributed by atoms with E-state index in [1.54, 1.807) is 22.4 Å². The number of ether oxygens (including phenoxy) is 1. The van der Waals surface area contributed by atoms with Crippen molar-refractivity contribution in [3.05, 3.63) is 22.8 Å². The topological polar surface area (TPSA) is 134 Å². The molecule has 3 aromatic rings. The van der Waals surface area contributed by atoms with E-state index in [0.29, 0.717) is 32.1 Å². The van der Waals surface area contributed by atoms with Crippen LogP contribution < -0.4 is 10.6 Å². The number of hydrogen-bond donors (Lipinski definition) is 2. The number of fused-ring (bicyclic) bond motifs is 1. The van der Waals surface area contributed by atoms with Crippen molar-refractivity contribution >= 4 is 39.2 Å².